The van der Waals surface area contributed by atoms with E-state index < -0.39 is 0 Å². The molecule has 102 valence electrons. The van der Waals surface area contributed by atoms with Gasteiger partial charge < -0.3 is 9.47 Å². The fourth-order valence-corrected chi connectivity index (χ4v) is 1.95. The fraction of sp³-hybridized carbons (Fsp3) is 0.400. The molecule has 0 saturated carbocycles. The summed E-state index contributed by atoms with van der Waals surface area (Å²) in [5, 5.41) is 0. The number of ether oxygens (including phenoxy) is 2. The Morgan fingerprint density at radius 3 is 2.63 bits per heavy atom. The van der Waals surface area contributed by atoms with Crippen LogP contribution in [0.2, 0.25) is 0 Å². The molecule has 0 aromatic heterocycles. The maximum absolute atomic E-state index is 11.4. The number of hydrogen-bond donors (Lipinski definition) is 0. The molecule has 1 aliphatic rings. The highest BCUT2D eigenvalue weighted by molar-refractivity contribution is 6.04. The summed E-state index contributed by atoms with van der Waals surface area (Å²) in [6.45, 7) is 8.56. The van der Waals surface area contributed by atoms with Crippen LogP contribution in [0.25, 0.3) is 0 Å². The van der Waals surface area contributed by atoms with Crippen molar-refractivity contribution in [1.29, 1.82) is 0 Å². The number of benzene rings is 1. The van der Waals surface area contributed by atoms with Crippen molar-refractivity contribution in [1.82, 2.24) is 4.90 Å². The van der Waals surface area contributed by atoms with Gasteiger partial charge in [-0.25, -0.2) is 0 Å². The lowest BCUT2D eigenvalue weighted by Crippen LogP contribution is -2.38. The van der Waals surface area contributed by atoms with Gasteiger partial charge in [0.15, 0.2) is 5.78 Å². The maximum atomic E-state index is 11.4. The molecular formula is C15H19NO3. The first-order valence-electron chi connectivity index (χ1n) is 6.49. The van der Waals surface area contributed by atoms with Crippen molar-refractivity contribution >= 4 is 5.78 Å². The standard InChI is InChI=1S/C15H19NO3/c1-2-15(17)13-3-5-14(6-4-13)19-12-9-16-7-10-18-11-8-16/h2-6H,1,7-12H2. The topological polar surface area (TPSA) is 38.8 Å². The van der Waals surface area contributed by atoms with Gasteiger partial charge in [-0.15, -0.1) is 0 Å². The molecule has 0 atom stereocenters. The predicted octanol–water partition coefficient (Wildman–Crippen LogP) is 1.77. The summed E-state index contributed by atoms with van der Waals surface area (Å²) in [7, 11) is 0. The molecule has 2 rings (SSSR count). The van der Waals surface area contributed by atoms with E-state index in [0.717, 1.165) is 38.6 Å². The molecule has 1 aliphatic heterocycles. The van der Waals surface area contributed by atoms with E-state index in [1.807, 2.05) is 12.1 Å². The van der Waals surface area contributed by atoms with Crippen molar-refractivity contribution in [2.24, 2.45) is 0 Å². The summed E-state index contributed by atoms with van der Waals surface area (Å²) in [5.41, 5.74) is 0.635. The first kappa shape index (κ1) is 13.8. The van der Waals surface area contributed by atoms with E-state index in [9.17, 15) is 4.79 Å². The summed E-state index contributed by atoms with van der Waals surface area (Å²) in [6, 6.07) is 7.15. The molecule has 1 saturated heterocycles. The summed E-state index contributed by atoms with van der Waals surface area (Å²) in [4.78, 5) is 13.7. The van der Waals surface area contributed by atoms with E-state index in [1.54, 1.807) is 12.1 Å². The number of carbonyl (C=O) groups is 1. The van der Waals surface area contributed by atoms with Gasteiger partial charge in [0.25, 0.3) is 0 Å². The zero-order chi connectivity index (χ0) is 13.5. The van der Waals surface area contributed by atoms with Crippen molar-refractivity contribution in [2.75, 3.05) is 39.5 Å². The zero-order valence-electron chi connectivity index (χ0n) is 11.0. The predicted molar refractivity (Wildman–Crippen MR) is 73.7 cm³/mol. The molecule has 0 aliphatic carbocycles. The second-order valence-electron chi connectivity index (χ2n) is 4.40. The highest BCUT2D eigenvalue weighted by Gasteiger charge is 2.09. The van der Waals surface area contributed by atoms with Crippen LogP contribution in [-0.4, -0.2) is 50.1 Å². The third-order valence-electron chi connectivity index (χ3n) is 3.10. The van der Waals surface area contributed by atoms with Crippen molar-refractivity contribution in [3.63, 3.8) is 0 Å². The first-order chi connectivity index (χ1) is 9.29. The monoisotopic (exact) mass is 261 g/mol. The van der Waals surface area contributed by atoms with Crippen molar-refractivity contribution in [3.8, 4) is 5.75 Å². The van der Waals surface area contributed by atoms with Gasteiger partial charge in [-0.1, -0.05) is 6.58 Å². The van der Waals surface area contributed by atoms with E-state index in [4.69, 9.17) is 9.47 Å². The van der Waals surface area contributed by atoms with E-state index in [1.165, 1.54) is 6.08 Å². The molecule has 1 heterocycles. The van der Waals surface area contributed by atoms with E-state index >= 15 is 0 Å². The van der Waals surface area contributed by atoms with Gasteiger partial charge in [0.2, 0.25) is 0 Å². The molecular weight excluding hydrogens is 242 g/mol. The second-order valence-corrected chi connectivity index (χ2v) is 4.40. The Labute approximate surface area is 113 Å². The third kappa shape index (κ3) is 4.19. The zero-order valence-corrected chi connectivity index (χ0v) is 11.0. The first-order valence-corrected chi connectivity index (χ1v) is 6.49. The van der Waals surface area contributed by atoms with Crippen molar-refractivity contribution in [2.45, 2.75) is 0 Å². The van der Waals surface area contributed by atoms with Crippen LogP contribution in [0.3, 0.4) is 0 Å². The van der Waals surface area contributed by atoms with Crippen molar-refractivity contribution in [3.05, 3.63) is 42.5 Å². The molecule has 0 unspecified atom stereocenters. The fourth-order valence-electron chi connectivity index (χ4n) is 1.95. The number of morpholine rings is 1. The molecule has 1 aromatic carbocycles. The van der Waals surface area contributed by atoms with Crippen LogP contribution in [0, 0.1) is 0 Å². The van der Waals surface area contributed by atoms with Crippen LogP contribution in [-0.2, 0) is 4.74 Å². The lowest BCUT2D eigenvalue weighted by molar-refractivity contribution is 0.0322. The molecule has 1 fully saturated rings. The minimum absolute atomic E-state index is 0.0696. The third-order valence-corrected chi connectivity index (χ3v) is 3.10. The molecule has 4 nitrogen and oxygen atoms in total. The average Bonchev–Trinajstić information content (AvgIpc) is 2.48. The smallest absolute Gasteiger partial charge is 0.185 e. The average molecular weight is 261 g/mol. The van der Waals surface area contributed by atoms with E-state index in [0.29, 0.717) is 12.2 Å². The van der Waals surface area contributed by atoms with Crippen LogP contribution in [0.1, 0.15) is 10.4 Å². The highest BCUT2D eigenvalue weighted by Crippen LogP contribution is 2.13. The Morgan fingerprint density at radius 1 is 1.32 bits per heavy atom. The number of rotatable bonds is 6. The Bertz CT molecular complexity index is 422. The Balaban J connectivity index is 1.76. The number of carbonyl (C=O) groups excluding carboxylic acids is 1. The van der Waals surface area contributed by atoms with Gasteiger partial charge in [-0.3, -0.25) is 9.69 Å². The van der Waals surface area contributed by atoms with Crippen LogP contribution in [0.15, 0.2) is 36.9 Å². The molecule has 1 aromatic rings. The van der Waals surface area contributed by atoms with Crippen LogP contribution >= 0.6 is 0 Å². The number of ketones is 1. The lowest BCUT2D eigenvalue weighted by atomic mass is 10.1. The van der Waals surface area contributed by atoms with E-state index in [-0.39, 0.29) is 5.78 Å². The number of hydrogen-bond acceptors (Lipinski definition) is 4. The number of allylic oxidation sites excluding steroid dienone is 1. The largest absolute Gasteiger partial charge is 0.492 e. The Kier molecular flexibility index (Phi) is 5.12. The van der Waals surface area contributed by atoms with Gasteiger partial charge in [-0.2, -0.15) is 0 Å². The summed E-state index contributed by atoms with van der Waals surface area (Å²) in [5.74, 6) is 0.716. The van der Waals surface area contributed by atoms with Crippen molar-refractivity contribution < 1.29 is 14.3 Å². The normalized spacial score (nSPS) is 16.0. The van der Waals surface area contributed by atoms with Crippen LogP contribution in [0.5, 0.6) is 5.75 Å². The molecule has 0 spiro atoms. The molecule has 4 heteroatoms. The van der Waals surface area contributed by atoms with Gasteiger partial charge >= 0.3 is 0 Å². The SMILES string of the molecule is C=CC(=O)c1ccc(OCCN2CCOCC2)cc1. The van der Waals surface area contributed by atoms with Gasteiger partial charge in [0.1, 0.15) is 12.4 Å². The van der Waals surface area contributed by atoms with Gasteiger partial charge in [0, 0.05) is 25.2 Å². The van der Waals surface area contributed by atoms with Crippen LogP contribution in [0.4, 0.5) is 0 Å². The minimum Gasteiger partial charge on any atom is -0.492 e. The maximum Gasteiger partial charge on any atom is 0.185 e. The molecule has 0 bridgehead atoms. The molecule has 0 radical (unpaired) electrons. The molecule has 0 N–H and O–H groups in total. The molecule has 19 heavy (non-hydrogen) atoms. The molecule has 0 amide bonds. The summed E-state index contributed by atoms with van der Waals surface area (Å²) in [6.07, 6.45) is 1.31. The minimum atomic E-state index is -0.0696. The van der Waals surface area contributed by atoms with Gasteiger partial charge in [-0.05, 0) is 30.3 Å². The van der Waals surface area contributed by atoms with Crippen LogP contribution < -0.4 is 4.74 Å². The number of nitrogens with zero attached hydrogens (tertiary/aromatic N) is 1. The quantitative estimate of drug-likeness (QED) is 0.578. The summed E-state index contributed by atoms with van der Waals surface area (Å²) >= 11 is 0. The van der Waals surface area contributed by atoms with E-state index in [2.05, 4.69) is 11.5 Å². The Hall–Kier alpha value is -1.65. The lowest BCUT2D eigenvalue weighted by Gasteiger charge is -2.26. The Morgan fingerprint density at radius 2 is 2.00 bits per heavy atom. The second kappa shape index (κ2) is 7.07. The highest BCUT2D eigenvalue weighted by atomic mass is 16.5. The summed E-state index contributed by atoms with van der Waals surface area (Å²) < 4.78 is 10.9. The van der Waals surface area contributed by atoms with Gasteiger partial charge in [0.05, 0.1) is 13.2 Å².